The molecule has 0 bridgehead atoms. The second-order valence-electron chi connectivity index (χ2n) is 3.46. The molecule has 0 aliphatic heterocycles. The molecule has 0 radical (unpaired) electrons. The Morgan fingerprint density at radius 2 is 1.94 bits per heavy atom. The van der Waals surface area contributed by atoms with Gasteiger partial charge in [0.2, 0.25) is 10.0 Å². The lowest BCUT2D eigenvalue weighted by atomic mass is 10.3. The van der Waals surface area contributed by atoms with E-state index in [1.54, 1.807) is 4.72 Å². The van der Waals surface area contributed by atoms with Gasteiger partial charge in [-0.1, -0.05) is 23.2 Å². The molecule has 1 aromatic carbocycles. The molecule has 0 aliphatic rings. The van der Waals surface area contributed by atoms with Crippen LogP contribution in [0.2, 0.25) is 10.0 Å². The van der Waals surface area contributed by atoms with Crippen LogP contribution in [0, 0.1) is 0 Å². The van der Waals surface area contributed by atoms with Crippen molar-refractivity contribution in [3.63, 3.8) is 0 Å². The summed E-state index contributed by atoms with van der Waals surface area (Å²) < 4.78 is 50.9. The maximum absolute atomic E-state index is 12.9. The highest BCUT2D eigenvalue weighted by molar-refractivity contribution is 7.89. The summed E-state index contributed by atoms with van der Waals surface area (Å²) in [5.41, 5.74) is 4.80. The van der Waals surface area contributed by atoms with E-state index in [2.05, 4.69) is 0 Å². The third kappa shape index (κ3) is 4.03. The Labute approximate surface area is 113 Å². The number of benzene rings is 1. The first-order valence-corrected chi connectivity index (χ1v) is 6.94. The van der Waals surface area contributed by atoms with Crippen molar-refractivity contribution in [1.82, 2.24) is 4.72 Å². The molecule has 0 spiro atoms. The monoisotopic (exact) mass is 318 g/mol. The molecule has 0 unspecified atom stereocenters. The van der Waals surface area contributed by atoms with Gasteiger partial charge in [0.05, 0.1) is 18.1 Å². The van der Waals surface area contributed by atoms with Gasteiger partial charge in [0.15, 0.2) is 0 Å². The van der Waals surface area contributed by atoms with Crippen LogP contribution in [0.5, 0.6) is 0 Å². The van der Waals surface area contributed by atoms with E-state index in [-0.39, 0.29) is 14.9 Å². The summed E-state index contributed by atoms with van der Waals surface area (Å²) in [5, 5.41) is 0.0216. The number of hydrogen-bond donors (Lipinski definition) is 2. The minimum atomic E-state index is -4.16. The molecule has 0 saturated carbocycles. The molecule has 3 N–H and O–H groups in total. The maximum Gasteiger partial charge on any atom is 0.273 e. The zero-order chi connectivity index (χ0) is 14.0. The number of rotatable bonds is 5. The van der Waals surface area contributed by atoms with Crippen molar-refractivity contribution in [2.45, 2.75) is 10.8 Å². The Kier molecular flexibility index (Phi) is 4.90. The van der Waals surface area contributed by atoms with Crippen molar-refractivity contribution in [3.8, 4) is 0 Å². The fourth-order valence-electron chi connectivity index (χ4n) is 1.03. The fraction of sp³-hybridized carbons (Fsp3) is 0.333. The van der Waals surface area contributed by atoms with E-state index in [1.165, 1.54) is 12.1 Å². The number of halogens is 4. The number of sulfonamides is 1. The number of alkyl halides is 2. The third-order valence-electron chi connectivity index (χ3n) is 2.00. The Bertz CT molecular complexity index is 537. The lowest BCUT2D eigenvalue weighted by Gasteiger charge is -2.15. The summed E-state index contributed by atoms with van der Waals surface area (Å²) in [5.74, 6) is -3.32. The number of nitrogens with one attached hydrogen (secondary N) is 1. The Balaban J connectivity index is 2.97. The predicted molar refractivity (Wildman–Crippen MR) is 65.7 cm³/mol. The predicted octanol–water partition coefficient (Wildman–Crippen LogP) is 1.87. The summed E-state index contributed by atoms with van der Waals surface area (Å²) in [6, 6.07) is 3.73. The van der Waals surface area contributed by atoms with Crippen LogP contribution in [0.1, 0.15) is 0 Å². The molecule has 0 saturated heterocycles. The van der Waals surface area contributed by atoms with Crippen molar-refractivity contribution in [1.29, 1.82) is 0 Å². The number of hydrogen-bond acceptors (Lipinski definition) is 3. The zero-order valence-corrected chi connectivity index (χ0v) is 11.3. The van der Waals surface area contributed by atoms with E-state index in [0.717, 1.165) is 6.07 Å². The highest BCUT2D eigenvalue weighted by Crippen LogP contribution is 2.25. The van der Waals surface area contributed by atoms with Gasteiger partial charge in [0, 0.05) is 5.02 Å². The van der Waals surface area contributed by atoms with E-state index in [4.69, 9.17) is 28.9 Å². The fourth-order valence-corrected chi connectivity index (χ4v) is 2.86. The van der Waals surface area contributed by atoms with Crippen molar-refractivity contribution in [3.05, 3.63) is 28.2 Å². The molecular formula is C9H10Cl2F2N2O2S. The van der Waals surface area contributed by atoms with E-state index in [0.29, 0.717) is 0 Å². The highest BCUT2D eigenvalue weighted by Gasteiger charge is 2.30. The third-order valence-corrected chi connectivity index (χ3v) is 4.12. The van der Waals surface area contributed by atoms with Gasteiger partial charge in [-0.05, 0) is 18.2 Å². The second kappa shape index (κ2) is 5.66. The Morgan fingerprint density at radius 3 is 2.50 bits per heavy atom. The first-order valence-electron chi connectivity index (χ1n) is 4.70. The second-order valence-corrected chi connectivity index (χ2v) is 6.04. The van der Waals surface area contributed by atoms with Crippen molar-refractivity contribution in [2.24, 2.45) is 5.73 Å². The average molecular weight is 319 g/mol. The molecule has 0 amide bonds. The molecule has 1 rings (SSSR count). The SMILES string of the molecule is NCC(F)(F)CNS(=O)(=O)c1cc(Cl)ccc1Cl. The van der Waals surface area contributed by atoms with Crippen LogP contribution in [0.15, 0.2) is 23.1 Å². The van der Waals surface area contributed by atoms with Gasteiger partial charge in [0.1, 0.15) is 4.90 Å². The van der Waals surface area contributed by atoms with Gasteiger partial charge in [-0.2, -0.15) is 0 Å². The van der Waals surface area contributed by atoms with Crippen LogP contribution < -0.4 is 10.5 Å². The standard InChI is InChI=1S/C9H10Cl2F2N2O2S/c10-6-1-2-7(11)8(3-6)18(16,17)15-5-9(12,13)4-14/h1-3,15H,4-5,14H2. The van der Waals surface area contributed by atoms with Crippen LogP contribution in [0.4, 0.5) is 8.78 Å². The topological polar surface area (TPSA) is 72.2 Å². The number of nitrogens with two attached hydrogens (primary N) is 1. The van der Waals surface area contributed by atoms with Gasteiger partial charge >= 0.3 is 0 Å². The van der Waals surface area contributed by atoms with E-state index >= 15 is 0 Å². The van der Waals surface area contributed by atoms with E-state index in [9.17, 15) is 17.2 Å². The van der Waals surface area contributed by atoms with Gasteiger partial charge in [0.25, 0.3) is 5.92 Å². The van der Waals surface area contributed by atoms with Gasteiger partial charge in [-0.3, -0.25) is 0 Å². The molecule has 1 aromatic rings. The molecule has 0 aromatic heterocycles. The summed E-state index contributed by atoms with van der Waals surface area (Å²) in [6.07, 6.45) is 0. The summed E-state index contributed by atoms with van der Waals surface area (Å²) in [6.45, 7) is -2.06. The summed E-state index contributed by atoms with van der Waals surface area (Å²) >= 11 is 11.3. The maximum atomic E-state index is 12.9. The van der Waals surface area contributed by atoms with Crippen molar-refractivity contribution in [2.75, 3.05) is 13.1 Å². The van der Waals surface area contributed by atoms with Crippen LogP contribution in [0.25, 0.3) is 0 Å². The van der Waals surface area contributed by atoms with Gasteiger partial charge < -0.3 is 5.73 Å². The minimum Gasteiger partial charge on any atom is -0.325 e. The van der Waals surface area contributed by atoms with Gasteiger partial charge in [-0.15, -0.1) is 0 Å². The molecule has 0 aliphatic carbocycles. The smallest absolute Gasteiger partial charge is 0.273 e. The van der Waals surface area contributed by atoms with E-state index in [1.807, 2.05) is 0 Å². The molecular weight excluding hydrogens is 309 g/mol. The Morgan fingerprint density at radius 1 is 1.33 bits per heavy atom. The quantitative estimate of drug-likeness (QED) is 0.870. The molecule has 9 heteroatoms. The van der Waals surface area contributed by atoms with Crippen LogP contribution in [-0.4, -0.2) is 27.4 Å². The zero-order valence-electron chi connectivity index (χ0n) is 8.96. The summed E-state index contributed by atoms with van der Waals surface area (Å²) in [7, 11) is -4.16. The van der Waals surface area contributed by atoms with Crippen LogP contribution in [0.3, 0.4) is 0 Å². The molecule has 0 fully saturated rings. The normalized spacial score (nSPS) is 12.7. The minimum absolute atomic E-state index is 0.108. The van der Waals surface area contributed by atoms with Crippen LogP contribution in [-0.2, 0) is 10.0 Å². The first kappa shape index (κ1) is 15.6. The largest absolute Gasteiger partial charge is 0.325 e. The van der Waals surface area contributed by atoms with E-state index < -0.39 is 29.0 Å². The van der Waals surface area contributed by atoms with Crippen molar-refractivity contribution < 1.29 is 17.2 Å². The molecule has 102 valence electrons. The first-order chi connectivity index (χ1) is 8.18. The molecule has 18 heavy (non-hydrogen) atoms. The molecule has 0 atom stereocenters. The van der Waals surface area contributed by atoms with Gasteiger partial charge in [-0.25, -0.2) is 21.9 Å². The lowest BCUT2D eigenvalue weighted by molar-refractivity contribution is 0.0170. The average Bonchev–Trinajstić information content (AvgIpc) is 2.30. The molecule has 0 heterocycles. The van der Waals surface area contributed by atoms with Crippen LogP contribution >= 0.6 is 23.2 Å². The lowest BCUT2D eigenvalue weighted by Crippen LogP contribution is -2.41. The molecule has 4 nitrogen and oxygen atoms in total. The summed E-state index contributed by atoms with van der Waals surface area (Å²) in [4.78, 5) is -0.357. The highest BCUT2D eigenvalue weighted by atomic mass is 35.5. The van der Waals surface area contributed by atoms with Crippen molar-refractivity contribution >= 4 is 33.2 Å². The Hall–Kier alpha value is -0.470.